The molecule has 1 aliphatic heterocycles. The predicted octanol–water partition coefficient (Wildman–Crippen LogP) is 4.59. The van der Waals surface area contributed by atoms with Crippen molar-refractivity contribution in [2.45, 2.75) is 0 Å². The molecule has 23 heavy (non-hydrogen) atoms. The Kier molecular flexibility index (Phi) is 4.95. The van der Waals surface area contributed by atoms with Crippen molar-refractivity contribution >= 4 is 57.0 Å². The van der Waals surface area contributed by atoms with Gasteiger partial charge in [0.05, 0.1) is 4.91 Å². The van der Waals surface area contributed by atoms with Crippen molar-refractivity contribution in [3.8, 4) is 0 Å². The van der Waals surface area contributed by atoms with Gasteiger partial charge < -0.3 is 0 Å². The molecule has 1 fully saturated rings. The van der Waals surface area contributed by atoms with Crippen molar-refractivity contribution < 1.29 is 4.79 Å². The Hall–Kier alpha value is -1.89. The Morgan fingerprint density at radius 1 is 1.35 bits per heavy atom. The molecule has 1 aliphatic rings. The van der Waals surface area contributed by atoms with Crippen LogP contribution in [-0.2, 0) is 4.79 Å². The third-order valence-electron chi connectivity index (χ3n) is 2.98. The molecule has 1 saturated heterocycles. The van der Waals surface area contributed by atoms with Gasteiger partial charge in [-0.25, -0.2) is 4.98 Å². The molecule has 7 heteroatoms. The number of amidine groups is 1. The molecule has 0 N–H and O–H groups in total. The maximum atomic E-state index is 12.6. The molecule has 0 radical (unpaired) electrons. The Morgan fingerprint density at radius 2 is 2.13 bits per heavy atom. The minimum Gasteiger partial charge on any atom is -0.282 e. The number of nitrogens with zero attached hydrogens (tertiary/aromatic N) is 3. The van der Waals surface area contributed by atoms with Gasteiger partial charge in [-0.2, -0.15) is 4.99 Å². The van der Waals surface area contributed by atoms with Crippen LogP contribution in [0.2, 0.25) is 5.02 Å². The molecule has 1 aromatic heterocycles. The fraction of sp³-hybridized carbons (Fsp3) is 0.0625. The van der Waals surface area contributed by atoms with Crippen LogP contribution in [-0.4, -0.2) is 27.5 Å². The number of carbonyl (C=O) groups excluding carboxylic acids is 1. The maximum absolute atomic E-state index is 12.6. The summed E-state index contributed by atoms with van der Waals surface area (Å²) in [4.78, 5) is 23.4. The SMILES string of the molecule is C=CCN1C(=O)/C(=C/c2ccc(Cl)cc2)S/C1=N/c1nccs1. The number of hydrogen-bond acceptors (Lipinski definition) is 5. The predicted molar refractivity (Wildman–Crippen MR) is 98.1 cm³/mol. The molecule has 4 nitrogen and oxygen atoms in total. The molecule has 0 saturated carbocycles. The van der Waals surface area contributed by atoms with E-state index in [0.717, 1.165) is 5.56 Å². The zero-order chi connectivity index (χ0) is 16.2. The Balaban J connectivity index is 1.92. The van der Waals surface area contributed by atoms with Gasteiger partial charge >= 0.3 is 0 Å². The smallest absolute Gasteiger partial charge is 0.267 e. The van der Waals surface area contributed by atoms with Crippen LogP contribution >= 0.6 is 34.7 Å². The lowest BCUT2D eigenvalue weighted by Crippen LogP contribution is -2.29. The van der Waals surface area contributed by atoms with E-state index >= 15 is 0 Å². The van der Waals surface area contributed by atoms with Crippen LogP contribution in [0.1, 0.15) is 5.56 Å². The molecule has 2 heterocycles. The van der Waals surface area contributed by atoms with Gasteiger partial charge in [0, 0.05) is 23.1 Å². The summed E-state index contributed by atoms with van der Waals surface area (Å²) in [6.07, 6.45) is 5.21. The zero-order valence-electron chi connectivity index (χ0n) is 12.0. The summed E-state index contributed by atoms with van der Waals surface area (Å²) >= 11 is 8.65. The van der Waals surface area contributed by atoms with Gasteiger partial charge in [0.1, 0.15) is 0 Å². The highest BCUT2D eigenvalue weighted by Gasteiger charge is 2.32. The van der Waals surface area contributed by atoms with Crippen molar-refractivity contribution in [3.05, 3.63) is 64.0 Å². The average Bonchev–Trinajstić information content (AvgIpc) is 3.14. The topological polar surface area (TPSA) is 45.6 Å². The molecule has 1 aromatic carbocycles. The number of thiazole rings is 1. The number of aromatic nitrogens is 1. The number of amides is 1. The summed E-state index contributed by atoms with van der Waals surface area (Å²) in [5, 5.41) is 3.76. The first kappa shape index (κ1) is 16.0. The highest BCUT2D eigenvalue weighted by molar-refractivity contribution is 8.18. The second-order valence-electron chi connectivity index (χ2n) is 4.58. The van der Waals surface area contributed by atoms with Gasteiger partial charge in [0.2, 0.25) is 5.13 Å². The molecule has 3 rings (SSSR count). The summed E-state index contributed by atoms with van der Waals surface area (Å²) in [5.41, 5.74) is 0.916. The standard InChI is InChI=1S/C16H12ClN3OS2/c1-2-8-20-14(21)13(10-11-3-5-12(17)6-4-11)23-16(20)19-15-18-7-9-22-15/h2-7,9-10H,1,8H2/b13-10-,19-16+. The van der Waals surface area contributed by atoms with E-state index in [9.17, 15) is 4.79 Å². The number of thioether (sulfide) groups is 1. The summed E-state index contributed by atoms with van der Waals surface area (Å²) in [7, 11) is 0. The van der Waals surface area contributed by atoms with Crippen LogP contribution in [0, 0.1) is 0 Å². The van der Waals surface area contributed by atoms with E-state index < -0.39 is 0 Å². The summed E-state index contributed by atoms with van der Waals surface area (Å²) < 4.78 is 0. The van der Waals surface area contributed by atoms with Crippen LogP contribution in [0.15, 0.2) is 58.4 Å². The first-order chi connectivity index (χ1) is 11.2. The maximum Gasteiger partial charge on any atom is 0.267 e. The fourth-order valence-electron chi connectivity index (χ4n) is 1.94. The quantitative estimate of drug-likeness (QED) is 0.591. The van der Waals surface area contributed by atoms with Crippen molar-refractivity contribution in [2.75, 3.05) is 6.54 Å². The molecule has 1 amide bonds. The van der Waals surface area contributed by atoms with E-state index in [1.54, 1.807) is 29.3 Å². The lowest BCUT2D eigenvalue weighted by atomic mass is 10.2. The van der Waals surface area contributed by atoms with E-state index in [1.165, 1.54) is 23.1 Å². The van der Waals surface area contributed by atoms with Gasteiger partial charge in [-0.1, -0.05) is 29.8 Å². The monoisotopic (exact) mass is 361 g/mol. The highest BCUT2D eigenvalue weighted by Crippen LogP contribution is 2.34. The average molecular weight is 362 g/mol. The summed E-state index contributed by atoms with van der Waals surface area (Å²) in [6.45, 7) is 4.11. The Bertz CT molecular complexity index is 782. The van der Waals surface area contributed by atoms with E-state index in [2.05, 4.69) is 16.6 Å². The lowest BCUT2D eigenvalue weighted by Gasteiger charge is -2.11. The first-order valence-electron chi connectivity index (χ1n) is 6.73. The molecular formula is C16H12ClN3OS2. The number of rotatable bonds is 4. The Morgan fingerprint density at radius 3 is 2.78 bits per heavy atom. The van der Waals surface area contributed by atoms with Gasteiger partial charge in [0.15, 0.2) is 5.17 Å². The lowest BCUT2D eigenvalue weighted by molar-refractivity contribution is -0.121. The Labute approximate surface area is 147 Å². The molecular weight excluding hydrogens is 350 g/mol. The van der Waals surface area contributed by atoms with Gasteiger partial charge in [0.25, 0.3) is 5.91 Å². The molecule has 2 aromatic rings. The molecule has 0 bridgehead atoms. The van der Waals surface area contributed by atoms with Crippen LogP contribution in [0.3, 0.4) is 0 Å². The fourth-order valence-corrected chi connectivity index (χ4v) is 3.62. The molecule has 0 spiro atoms. The van der Waals surface area contributed by atoms with Gasteiger partial charge in [-0.3, -0.25) is 9.69 Å². The summed E-state index contributed by atoms with van der Waals surface area (Å²) in [5.74, 6) is -0.0832. The van der Waals surface area contributed by atoms with Gasteiger partial charge in [-0.15, -0.1) is 17.9 Å². The third kappa shape index (κ3) is 3.72. The number of carbonyl (C=O) groups is 1. The van der Waals surface area contributed by atoms with Crippen LogP contribution in [0.25, 0.3) is 6.08 Å². The van der Waals surface area contributed by atoms with Crippen molar-refractivity contribution in [1.82, 2.24) is 9.88 Å². The number of benzene rings is 1. The molecule has 0 unspecified atom stereocenters. The minimum atomic E-state index is -0.0832. The van der Waals surface area contributed by atoms with E-state index in [1.807, 2.05) is 23.6 Å². The van der Waals surface area contributed by atoms with Crippen molar-refractivity contribution in [2.24, 2.45) is 4.99 Å². The van der Waals surface area contributed by atoms with Crippen molar-refractivity contribution in [1.29, 1.82) is 0 Å². The molecule has 116 valence electrons. The number of hydrogen-bond donors (Lipinski definition) is 0. The van der Waals surface area contributed by atoms with Crippen LogP contribution in [0.4, 0.5) is 5.13 Å². The highest BCUT2D eigenvalue weighted by atomic mass is 35.5. The second kappa shape index (κ2) is 7.12. The van der Waals surface area contributed by atoms with Crippen LogP contribution in [0.5, 0.6) is 0 Å². The first-order valence-corrected chi connectivity index (χ1v) is 8.81. The molecule has 0 aliphatic carbocycles. The largest absolute Gasteiger partial charge is 0.282 e. The van der Waals surface area contributed by atoms with E-state index in [4.69, 9.17) is 11.6 Å². The zero-order valence-corrected chi connectivity index (χ0v) is 14.4. The van der Waals surface area contributed by atoms with E-state index in [-0.39, 0.29) is 5.91 Å². The van der Waals surface area contributed by atoms with Crippen molar-refractivity contribution in [3.63, 3.8) is 0 Å². The number of halogens is 1. The minimum absolute atomic E-state index is 0.0832. The summed E-state index contributed by atoms with van der Waals surface area (Å²) in [6, 6.07) is 7.34. The molecule has 0 atom stereocenters. The van der Waals surface area contributed by atoms with Gasteiger partial charge in [-0.05, 0) is 35.5 Å². The van der Waals surface area contributed by atoms with Crippen LogP contribution < -0.4 is 0 Å². The normalized spacial score (nSPS) is 18.1. The number of aliphatic imine (C=N–C) groups is 1. The van der Waals surface area contributed by atoms with E-state index in [0.29, 0.717) is 26.8 Å². The second-order valence-corrected chi connectivity index (χ2v) is 6.89. The third-order valence-corrected chi connectivity index (χ3v) is 4.90.